The van der Waals surface area contributed by atoms with E-state index in [2.05, 4.69) is 16.5 Å². The van der Waals surface area contributed by atoms with Crippen LogP contribution in [0.2, 0.25) is 0 Å². The number of amides is 2. The Hall–Kier alpha value is -5.03. The highest BCUT2D eigenvalue weighted by atomic mass is 19.4. The first kappa shape index (κ1) is 32.9. The molecule has 2 amide bonds. The molecule has 1 unspecified atom stereocenters. The minimum atomic E-state index is -4.62. The molecule has 3 aliphatic rings. The molecule has 1 saturated carbocycles. The first-order valence-electron chi connectivity index (χ1n) is 15.6. The summed E-state index contributed by atoms with van der Waals surface area (Å²) in [6.45, 7) is 6.47. The van der Waals surface area contributed by atoms with Crippen molar-refractivity contribution in [2.45, 2.75) is 57.7 Å². The van der Waals surface area contributed by atoms with Gasteiger partial charge in [0.1, 0.15) is 5.60 Å². The smallest absolute Gasteiger partial charge is 0.416 e. The molecule has 0 spiro atoms. The fourth-order valence-electron chi connectivity index (χ4n) is 6.88. The van der Waals surface area contributed by atoms with Crippen LogP contribution in [0.5, 0.6) is 0 Å². The molecule has 1 aliphatic carbocycles. The number of aromatic nitrogens is 2. The minimum Gasteiger partial charge on any atom is -0.444 e. The summed E-state index contributed by atoms with van der Waals surface area (Å²) in [5.41, 5.74) is 0.112. The van der Waals surface area contributed by atoms with Crippen molar-refractivity contribution < 1.29 is 32.6 Å². The molecule has 48 heavy (non-hydrogen) atoms. The maximum absolute atomic E-state index is 14.1. The summed E-state index contributed by atoms with van der Waals surface area (Å²) in [5, 5.41) is 31.1. The molecule has 252 valence electrons. The third kappa shape index (κ3) is 6.29. The molecule has 3 heterocycles. The summed E-state index contributed by atoms with van der Waals surface area (Å²) >= 11 is 0. The Morgan fingerprint density at radius 2 is 1.69 bits per heavy atom. The highest BCUT2D eigenvalue weighted by Crippen LogP contribution is 2.42. The number of carbonyl (C=O) groups is 2. The number of likely N-dealkylation sites (tertiary alicyclic amines) is 1. The Morgan fingerprint density at radius 1 is 1.02 bits per heavy atom. The van der Waals surface area contributed by atoms with E-state index >= 15 is 0 Å². The number of rotatable bonds is 5. The predicted molar refractivity (Wildman–Crippen MR) is 169 cm³/mol. The zero-order valence-electron chi connectivity index (χ0n) is 26.9. The molecule has 4 atom stereocenters. The summed E-state index contributed by atoms with van der Waals surface area (Å²) in [6.07, 6.45) is -3.88. The lowest BCUT2D eigenvalue weighted by Gasteiger charge is -2.33. The van der Waals surface area contributed by atoms with Gasteiger partial charge in [0.05, 0.1) is 51.7 Å². The number of anilines is 1. The Morgan fingerprint density at radius 3 is 2.29 bits per heavy atom. The van der Waals surface area contributed by atoms with Gasteiger partial charge in [-0.25, -0.2) is 9.48 Å². The number of nitrogens with one attached hydrogen (secondary N) is 1. The largest absolute Gasteiger partial charge is 0.444 e. The van der Waals surface area contributed by atoms with Crippen LogP contribution in [0.4, 0.5) is 23.7 Å². The zero-order chi connectivity index (χ0) is 34.5. The van der Waals surface area contributed by atoms with E-state index in [9.17, 15) is 33.1 Å². The van der Waals surface area contributed by atoms with E-state index in [1.165, 1.54) is 33.0 Å². The van der Waals surface area contributed by atoms with Gasteiger partial charge in [-0.2, -0.15) is 23.5 Å². The molecule has 2 fully saturated rings. The maximum atomic E-state index is 14.1. The van der Waals surface area contributed by atoms with Crippen LogP contribution in [0.25, 0.3) is 11.4 Å². The number of alkyl halides is 3. The van der Waals surface area contributed by atoms with E-state index in [0.717, 1.165) is 12.1 Å². The summed E-state index contributed by atoms with van der Waals surface area (Å²) in [4.78, 5) is 28.5. The molecule has 1 saturated heterocycles. The van der Waals surface area contributed by atoms with Crippen molar-refractivity contribution in [3.05, 3.63) is 83.2 Å². The number of hydrazine groups is 1. The van der Waals surface area contributed by atoms with Crippen LogP contribution in [0.1, 0.15) is 50.4 Å². The van der Waals surface area contributed by atoms with E-state index in [1.807, 2.05) is 20.8 Å². The number of nitriles is 1. The van der Waals surface area contributed by atoms with Gasteiger partial charge in [0.25, 0.3) is 5.91 Å². The second kappa shape index (κ2) is 12.2. The van der Waals surface area contributed by atoms with Crippen molar-refractivity contribution >= 4 is 23.4 Å². The molecule has 2 N–H and O–H groups in total. The van der Waals surface area contributed by atoms with E-state index in [0.29, 0.717) is 42.9 Å². The van der Waals surface area contributed by atoms with E-state index in [-0.39, 0.29) is 40.9 Å². The number of benzene rings is 2. The van der Waals surface area contributed by atoms with Gasteiger partial charge >= 0.3 is 12.3 Å². The third-order valence-corrected chi connectivity index (χ3v) is 8.94. The first-order chi connectivity index (χ1) is 22.6. The van der Waals surface area contributed by atoms with Crippen molar-refractivity contribution in [2.24, 2.45) is 11.8 Å². The lowest BCUT2D eigenvalue weighted by atomic mass is 10.0. The zero-order valence-corrected chi connectivity index (χ0v) is 26.9. The number of hydrogen-bond acceptors (Lipinski definition) is 8. The van der Waals surface area contributed by atoms with E-state index in [1.54, 1.807) is 42.3 Å². The molecule has 11 nitrogen and oxygen atoms in total. The normalized spacial score (nSPS) is 22.6. The van der Waals surface area contributed by atoms with E-state index in [4.69, 9.17) is 4.74 Å². The second-order valence-corrected chi connectivity index (χ2v) is 13.4. The highest BCUT2D eigenvalue weighted by Gasteiger charge is 2.46. The molecule has 0 radical (unpaired) electrons. The van der Waals surface area contributed by atoms with Gasteiger partial charge in [-0.1, -0.05) is 6.07 Å². The Kier molecular flexibility index (Phi) is 8.36. The van der Waals surface area contributed by atoms with Crippen LogP contribution in [-0.4, -0.2) is 74.8 Å². The van der Waals surface area contributed by atoms with Crippen molar-refractivity contribution in [1.29, 1.82) is 5.26 Å². The molecule has 0 bridgehead atoms. The first-order valence-corrected chi connectivity index (χ1v) is 15.6. The molecular weight excluding hydrogens is 627 g/mol. The SMILES string of the molecule is CN1C(c2ccnn2-c2ccc(C#N)cc2)=C(C(=O)N[C@@H]2C[C@@H]3CN(C(=O)OC(C)(C)C)C[C@@H]3C2)C(O)N1c1cccc(C(F)(F)F)c1. The average molecular weight is 664 g/mol. The molecule has 14 heteroatoms. The summed E-state index contributed by atoms with van der Waals surface area (Å²) < 4.78 is 48.1. The lowest BCUT2D eigenvalue weighted by Crippen LogP contribution is -2.43. The monoisotopic (exact) mass is 663 g/mol. The van der Waals surface area contributed by atoms with Gasteiger partial charge in [0.2, 0.25) is 0 Å². The summed E-state index contributed by atoms with van der Waals surface area (Å²) in [5.74, 6) is -0.251. The molecule has 6 rings (SSSR count). The predicted octanol–water partition coefficient (Wildman–Crippen LogP) is 4.92. The van der Waals surface area contributed by atoms with Crippen molar-refractivity contribution in [2.75, 3.05) is 25.1 Å². The fourth-order valence-corrected chi connectivity index (χ4v) is 6.88. The van der Waals surface area contributed by atoms with Crippen LogP contribution in [-0.2, 0) is 15.7 Å². The number of aliphatic hydroxyl groups is 1. The van der Waals surface area contributed by atoms with Gasteiger partial charge in [-0.3, -0.25) is 14.8 Å². The van der Waals surface area contributed by atoms with Crippen molar-refractivity contribution in [3.63, 3.8) is 0 Å². The van der Waals surface area contributed by atoms with Crippen LogP contribution < -0.4 is 10.3 Å². The summed E-state index contributed by atoms with van der Waals surface area (Å²) in [6, 6.07) is 14.6. The van der Waals surface area contributed by atoms with Crippen LogP contribution >= 0.6 is 0 Å². The summed E-state index contributed by atoms with van der Waals surface area (Å²) in [7, 11) is 1.56. The minimum absolute atomic E-state index is 0.0298. The third-order valence-electron chi connectivity index (χ3n) is 8.94. The standard InChI is InChI=1S/C34H36F3N7O4/c1-33(2,3)48-32(47)42-18-21-14-24(15-22(21)19-42)40-30(45)28-29(27-12-13-39-43(27)25-10-8-20(17-38)9-11-25)41(4)44(31(28)46)26-7-5-6-23(16-26)34(35,36)37/h5-13,16,21-22,24,31,46H,14-15,18-19H2,1-4H3,(H,40,45)/t21-,22+,24-,31?. The molecule has 2 aliphatic heterocycles. The Labute approximate surface area is 275 Å². The number of ether oxygens (including phenoxy) is 1. The quantitative estimate of drug-likeness (QED) is 0.394. The number of hydrogen-bond donors (Lipinski definition) is 2. The van der Waals surface area contributed by atoms with Crippen molar-refractivity contribution in [1.82, 2.24) is 25.0 Å². The van der Waals surface area contributed by atoms with Crippen LogP contribution in [0.15, 0.2) is 66.4 Å². The van der Waals surface area contributed by atoms with Gasteiger partial charge < -0.3 is 20.1 Å². The van der Waals surface area contributed by atoms with Gasteiger partial charge in [0.15, 0.2) is 6.23 Å². The van der Waals surface area contributed by atoms with Gasteiger partial charge in [0, 0.05) is 26.2 Å². The molecule has 2 aromatic carbocycles. The molecule has 1 aromatic heterocycles. The fraction of sp³-hybridized carbons (Fsp3) is 0.412. The lowest BCUT2D eigenvalue weighted by molar-refractivity contribution is -0.137. The number of halogens is 3. The van der Waals surface area contributed by atoms with Gasteiger partial charge in [-0.15, -0.1) is 0 Å². The number of fused-ring (bicyclic) bond motifs is 1. The number of nitrogens with zero attached hydrogens (tertiary/aromatic N) is 6. The Balaban J connectivity index is 1.30. The van der Waals surface area contributed by atoms with E-state index < -0.39 is 29.5 Å². The molecular formula is C34H36F3N7O4. The maximum Gasteiger partial charge on any atom is 0.416 e. The van der Waals surface area contributed by atoms with Crippen LogP contribution in [0, 0.1) is 23.2 Å². The average Bonchev–Trinajstić information content (AvgIpc) is 3.78. The van der Waals surface area contributed by atoms with Gasteiger partial charge in [-0.05, 0) is 94.0 Å². The number of carbonyl (C=O) groups excluding carboxylic acids is 2. The highest BCUT2D eigenvalue weighted by molar-refractivity contribution is 6.04. The number of aliphatic hydroxyl groups excluding tert-OH is 1. The topological polar surface area (TPSA) is 127 Å². The Bertz CT molecular complexity index is 1780. The second-order valence-electron chi connectivity index (χ2n) is 13.4. The molecule has 3 aromatic rings. The van der Waals surface area contributed by atoms with Crippen molar-refractivity contribution in [3.8, 4) is 11.8 Å². The van der Waals surface area contributed by atoms with Crippen LogP contribution in [0.3, 0.4) is 0 Å².